The van der Waals surface area contributed by atoms with E-state index in [1.165, 1.54) is 16.7 Å². The summed E-state index contributed by atoms with van der Waals surface area (Å²) in [7, 11) is 4.25. The minimum atomic E-state index is 0.998. The van der Waals surface area contributed by atoms with Crippen molar-refractivity contribution in [1.29, 1.82) is 0 Å². The Bertz CT molecular complexity index is 765. The zero-order chi connectivity index (χ0) is 15.8. The van der Waals surface area contributed by atoms with Crippen LogP contribution in [0.5, 0.6) is 0 Å². The molecule has 2 aliphatic rings. The van der Waals surface area contributed by atoms with Gasteiger partial charge in [0, 0.05) is 38.8 Å². The van der Waals surface area contributed by atoms with Crippen molar-refractivity contribution >= 4 is 36.2 Å². The molecule has 1 fully saturated rings. The molecule has 0 atom stereocenters. The molecule has 5 heteroatoms. The Kier molecular flexibility index (Phi) is 3.58. The van der Waals surface area contributed by atoms with Crippen LogP contribution in [0, 0.1) is 0 Å². The summed E-state index contributed by atoms with van der Waals surface area (Å²) in [5, 5.41) is 3.42. The number of nitrogens with zero attached hydrogens (tertiary/aromatic N) is 3. The number of benzene rings is 2. The molecule has 0 radical (unpaired) electrons. The molecule has 0 amide bonds. The van der Waals surface area contributed by atoms with Crippen molar-refractivity contribution in [2.45, 2.75) is 0 Å². The Labute approximate surface area is 138 Å². The first-order valence-electron chi connectivity index (χ1n) is 8.22. The summed E-state index contributed by atoms with van der Waals surface area (Å²) < 4.78 is 0. The second-order valence-electron chi connectivity index (χ2n) is 6.24. The SMILES string of the molecule is Bc1ccc2c(c1)N=C(N1CCNCC1)c1ccccc1N2C. The average molecular weight is 304 g/mol. The Morgan fingerprint density at radius 3 is 2.65 bits per heavy atom. The van der Waals surface area contributed by atoms with Crippen LogP contribution < -0.4 is 15.7 Å². The predicted molar refractivity (Wildman–Crippen MR) is 99.8 cm³/mol. The van der Waals surface area contributed by atoms with Crippen LogP contribution in [0.25, 0.3) is 0 Å². The van der Waals surface area contributed by atoms with Gasteiger partial charge in [-0.1, -0.05) is 23.7 Å². The fraction of sp³-hybridized carbons (Fsp3) is 0.278. The molecule has 0 aliphatic carbocycles. The summed E-state index contributed by atoms with van der Waals surface area (Å²) >= 11 is 0. The quantitative estimate of drug-likeness (QED) is 0.737. The normalized spacial score (nSPS) is 17.2. The van der Waals surface area contributed by atoms with Crippen LogP contribution in [0.2, 0.25) is 0 Å². The second-order valence-corrected chi connectivity index (χ2v) is 6.24. The van der Waals surface area contributed by atoms with Crippen LogP contribution in [0.1, 0.15) is 5.56 Å². The van der Waals surface area contributed by atoms with Gasteiger partial charge in [-0.15, -0.1) is 0 Å². The number of anilines is 2. The van der Waals surface area contributed by atoms with Crippen LogP contribution >= 0.6 is 0 Å². The van der Waals surface area contributed by atoms with Gasteiger partial charge in [-0.25, -0.2) is 4.99 Å². The molecule has 0 unspecified atom stereocenters. The molecule has 4 rings (SSSR count). The molecule has 2 aromatic carbocycles. The number of aliphatic imine (C=N–C) groups is 1. The molecule has 2 heterocycles. The first-order valence-corrected chi connectivity index (χ1v) is 8.22. The van der Waals surface area contributed by atoms with E-state index in [9.17, 15) is 0 Å². The Balaban J connectivity index is 1.92. The Morgan fingerprint density at radius 1 is 1.04 bits per heavy atom. The smallest absolute Gasteiger partial charge is 0.139 e. The van der Waals surface area contributed by atoms with Crippen LogP contribution in [0.15, 0.2) is 47.5 Å². The van der Waals surface area contributed by atoms with E-state index in [4.69, 9.17) is 4.99 Å². The molecule has 0 bridgehead atoms. The van der Waals surface area contributed by atoms with Crippen molar-refractivity contribution in [3.05, 3.63) is 48.0 Å². The van der Waals surface area contributed by atoms with Gasteiger partial charge >= 0.3 is 0 Å². The van der Waals surface area contributed by atoms with Crippen LogP contribution in [-0.4, -0.2) is 51.8 Å². The van der Waals surface area contributed by atoms with Crippen molar-refractivity contribution in [2.75, 3.05) is 38.1 Å². The second kappa shape index (κ2) is 5.74. The van der Waals surface area contributed by atoms with E-state index in [1.54, 1.807) is 0 Å². The predicted octanol–water partition coefficient (Wildman–Crippen LogP) is 1.01. The number of hydrogen-bond donors (Lipinski definition) is 1. The molecule has 0 saturated carbocycles. The van der Waals surface area contributed by atoms with E-state index >= 15 is 0 Å². The molecule has 0 aromatic heterocycles. The molecule has 1 saturated heterocycles. The van der Waals surface area contributed by atoms with Crippen LogP contribution in [0.4, 0.5) is 17.1 Å². The topological polar surface area (TPSA) is 30.9 Å². The first kappa shape index (κ1) is 14.3. The summed E-state index contributed by atoms with van der Waals surface area (Å²) in [6.07, 6.45) is 0. The van der Waals surface area contributed by atoms with E-state index in [2.05, 4.69) is 72.5 Å². The molecule has 0 spiro atoms. The highest BCUT2D eigenvalue weighted by Gasteiger charge is 2.24. The fourth-order valence-corrected chi connectivity index (χ4v) is 3.38. The minimum Gasteiger partial charge on any atom is -0.353 e. The van der Waals surface area contributed by atoms with Gasteiger partial charge in [-0.05, 0) is 24.3 Å². The minimum absolute atomic E-state index is 0.998. The van der Waals surface area contributed by atoms with Crippen molar-refractivity contribution in [2.24, 2.45) is 4.99 Å². The molecule has 116 valence electrons. The number of piperazine rings is 1. The fourth-order valence-electron chi connectivity index (χ4n) is 3.38. The molecule has 4 nitrogen and oxygen atoms in total. The maximum Gasteiger partial charge on any atom is 0.139 e. The lowest BCUT2D eigenvalue weighted by molar-refractivity contribution is 0.358. The number of hydrogen-bond acceptors (Lipinski definition) is 4. The van der Waals surface area contributed by atoms with E-state index in [0.29, 0.717) is 0 Å². The van der Waals surface area contributed by atoms with E-state index in [-0.39, 0.29) is 0 Å². The van der Waals surface area contributed by atoms with Gasteiger partial charge in [0.2, 0.25) is 0 Å². The van der Waals surface area contributed by atoms with Gasteiger partial charge < -0.3 is 15.1 Å². The summed E-state index contributed by atoms with van der Waals surface area (Å²) in [6, 6.07) is 15.1. The number of nitrogens with one attached hydrogen (secondary N) is 1. The molecule has 2 aromatic rings. The van der Waals surface area contributed by atoms with E-state index < -0.39 is 0 Å². The summed E-state index contributed by atoms with van der Waals surface area (Å²) in [4.78, 5) is 9.74. The molecular formula is C18H21BN4. The van der Waals surface area contributed by atoms with E-state index in [1.807, 2.05) is 0 Å². The first-order chi connectivity index (χ1) is 11.2. The van der Waals surface area contributed by atoms with Crippen molar-refractivity contribution in [3.63, 3.8) is 0 Å². The monoisotopic (exact) mass is 304 g/mol. The number of fused-ring (bicyclic) bond motifs is 2. The standard InChI is InChI=1S/C18H21BN4/c1-22-16-5-3-2-4-14(16)18(23-10-8-20-9-11-23)21-15-12-13(19)6-7-17(15)22/h2-7,12,20H,8-11,19H2,1H3. The highest BCUT2D eigenvalue weighted by atomic mass is 15.2. The van der Waals surface area contributed by atoms with Gasteiger partial charge in [-0.3, -0.25) is 0 Å². The zero-order valence-corrected chi connectivity index (χ0v) is 13.7. The summed E-state index contributed by atoms with van der Waals surface area (Å²) in [5.41, 5.74) is 5.88. The van der Waals surface area contributed by atoms with Gasteiger partial charge in [0.1, 0.15) is 13.7 Å². The molecule has 23 heavy (non-hydrogen) atoms. The molecule has 2 aliphatic heterocycles. The highest BCUT2D eigenvalue weighted by Crippen LogP contribution is 2.38. The highest BCUT2D eigenvalue weighted by molar-refractivity contribution is 6.32. The summed E-state index contributed by atoms with van der Waals surface area (Å²) in [5.74, 6) is 1.10. The number of para-hydroxylation sites is 1. The third-order valence-corrected chi connectivity index (χ3v) is 4.64. The maximum absolute atomic E-state index is 5.09. The largest absolute Gasteiger partial charge is 0.353 e. The van der Waals surface area contributed by atoms with Gasteiger partial charge in [0.05, 0.1) is 17.1 Å². The summed E-state index contributed by atoms with van der Waals surface area (Å²) in [6.45, 7) is 4.02. The lowest BCUT2D eigenvalue weighted by Gasteiger charge is -2.31. The van der Waals surface area contributed by atoms with E-state index in [0.717, 1.165) is 43.4 Å². The lowest BCUT2D eigenvalue weighted by Crippen LogP contribution is -2.46. The van der Waals surface area contributed by atoms with Crippen LogP contribution in [-0.2, 0) is 0 Å². The van der Waals surface area contributed by atoms with Crippen LogP contribution in [0.3, 0.4) is 0 Å². The van der Waals surface area contributed by atoms with Crippen molar-refractivity contribution < 1.29 is 0 Å². The van der Waals surface area contributed by atoms with Crippen molar-refractivity contribution in [1.82, 2.24) is 10.2 Å². The van der Waals surface area contributed by atoms with Gasteiger partial charge in [-0.2, -0.15) is 0 Å². The van der Waals surface area contributed by atoms with Gasteiger partial charge in [0.25, 0.3) is 0 Å². The molecular weight excluding hydrogens is 283 g/mol. The lowest BCUT2D eigenvalue weighted by atomic mass is 9.95. The Morgan fingerprint density at radius 2 is 1.83 bits per heavy atom. The number of amidine groups is 1. The third-order valence-electron chi connectivity index (χ3n) is 4.64. The molecule has 1 N–H and O–H groups in total. The van der Waals surface area contributed by atoms with Gasteiger partial charge in [0.15, 0.2) is 0 Å². The third kappa shape index (κ3) is 2.51. The maximum atomic E-state index is 5.09. The van der Waals surface area contributed by atoms with Crippen molar-refractivity contribution in [3.8, 4) is 0 Å². The Hall–Kier alpha value is -2.27. The zero-order valence-electron chi connectivity index (χ0n) is 13.7. The number of rotatable bonds is 0. The average Bonchev–Trinajstić information content (AvgIpc) is 2.71.